The second-order valence-electron chi connectivity index (χ2n) is 6.16. The van der Waals surface area contributed by atoms with E-state index in [1.54, 1.807) is 0 Å². The van der Waals surface area contributed by atoms with Crippen LogP contribution in [0.4, 0.5) is 11.6 Å². The fourth-order valence-corrected chi connectivity index (χ4v) is 3.05. The Kier molecular flexibility index (Phi) is 4.31. The van der Waals surface area contributed by atoms with Crippen molar-refractivity contribution in [3.05, 3.63) is 67.0 Å². The lowest BCUT2D eigenvalue weighted by Gasteiger charge is -2.28. The third-order valence-electron chi connectivity index (χ3n) is 4.44. The first-order valence-electron chi connectivity index (χ1n) is 8.52. The highest BCUT2D eigenvalue weighted by atomic mass is 15.2. The van der Waals surface area contributed by atoms with Crippen molar-refractivity contribution in [1.29, 1.82) is 0 Å². The summed E-state index contributed by atoms with van der Waals surface area (Å²) in [6.07, 6.45) is 3.72. The maximum atomic E-state index is 4.51. The Balaban J connectivity index is 1.53. The Morgan fingerprint density at radius 3 is 2.68 bits per heavy atom. The number of hydrogen-bond acceptors (Lipinski definition) is 5. The van der Waals surface area contributed by atoms with Gasteiger partial charge in [0.1, 0.15) is 11.6 Å². The van der Waals surface area contributed by atoms with E-state index in [1.165, 1.54) is 0 Å². The number of hydrogen-bond donors (Lipinski definition) is 2. The van der Waals surface area contributed by atoms with Crippen molar-refractivity contribution in [3.8, 4) is 0 Å². The minimum absolute atomic E-state index is 0.796. The number of benzene rings is 1. The molecule has 1 aliphatic heterocycles. The smallest absolute Gasteiger partial charge is 0.130 e. The molecule has 0 aliphatic carbocycles. The summed E-state index contributed by atoms with van der Waals surface area (Å²) in [5.74, 6) is 1.79. The Bertz CT molecular complexity index is 899. The molecule has 1 aliphatic rings. The summed E-state index contributed by atoms with van der Waals surface area (Å²) >= 11 is 0. The van der Waals surface area contributed by atoms with Crippen LogP contribution >= 0.6 is 0 Å². The first-order chi connectivity index (χ1) is 12.3. The van der Waals surface area contributed by atoms with Gasteiger partial charge in [0.2, 0.25) is 0 Å². The zero-order valence-corrected chi connectivity index (χ0v) is 14.1. The quantitative estimate of drug-likeness (QED) is 0.769. The Morgan fingerprint density at radius 1 is 1.04 bits per heavy atom. The van der Waals surface area contributed by atoms with Crippen LogP contribution in [0.1, 0.15) is 5.56 Å². The molecule has 0 bridgehead atoms. The van der Waals surface area contributed by atoms with Gasteiger partial charge < -0.3 is 15.5 Å². The fraction of sp³-hybridized carbons (Fsp3) is 0.200. The lowest BCUT2D eigenvalue weighted by molar-refractivity contribution is 0.585. The van der Waals surface area contributed by atoms with Gasteiger partial charge in [0, 0.05) is 55.2 Å². The van der Waals surface area contributed by atoms with Crippen LogP contribution in [0.15, 0.2) is 61.4 Å². The van der Waals surface area contributed by atoms with Gasteiger partial charge in [-0.05, 0) is 23.6 Å². The molecule has 2 aromatic heterocycles. The van der Waals surface area contributed by atoms with Gasteiger partial charge in [-0.3, -0.25) is 0 Å². The first kappa shape index (κ1) is 15.6. The second-order valence-corrected chi connectivity index (χ2v) is 6.16. The minimum atomic E-state index is 0.796. The van der Waals surface area contributed by atoms with E-state index >= 15 is 0 Å². The van der Waals surface area contributed by atoms with Crippen LogP contribution in [0, 0.1) is 0 Å². The molecule has 25 heavy (non-hydrogen) atoms. The Labute approximate surface area is 147 Å². The molecule has 4 rings (SSSR count). The summed E-state index contributed by atoms with van der Waals surface area (Å²) in [6, 6.07) is 14.3. The van der Waals surface area contributed by atoms with Crippen molar-refractivity contribution in [2.75, 3.05) is 36.4 Å². The van der Waals surface area contributed by atoms with Crippen LogP contribution in [0.3, 0.4) is 0 Å². The van der Waals surface area contributed by atoms with E-state index in [-0.39, 0.29) is 0 Å². The Hall–Kier alpha value is -2.92. The van der Waals surface area contributed by atoms with E-state index in [9.17, 15) is 0 Å². The molecule has 0 spiro atoms. The molecule has 2 N–H and O–H groups in total. The topological polar surface area (TPSA) is 53.1 Å². The van der Waals surface area contributed by atoms with Gasteiger partial charge in [-0.1, -0.05) is 30.8 Å². The van der Waals surface area contributed by atoms with Gasteiger partial charge in [-0.25, -0.2) is 9.97 Å². The average Bonchev–Trinajstić information content (AvgIpc) is 2.69. The highest BCUT2D eigenvalue weighted by Gasteiger charge is 2.12. The molecule has 126 valence electrons. The molecular formula is C20H21N5. The van der Waals surface area contributed by atoms with Crippen molar-refractivity contribution >= 4 is 28.1 Å². The average molecular weight is 331 g/mol. The monoisotopic (exact) mass is 331 g/mol. The highest BCUT2D eigenvalue weighted by molar-refractivity contribution is 5.85. The van der Waals surface area contributed by atoms with Gasteiger partial charge in [0.25, 0.3) is 0 Å². The molecule has 5 heteroatoms. The molecular weight excluding hydrogens is 310 g/mol. The standard InChI is InChI=1S/C20H21N5/c1-15(24-19-12-17-4-2-3-5-18(17)14-23-19)16-6-7-22-20(13-16)25-10-8-21-9-11-25/h2-7,12-14,21H,1,8-11H2,(H,23,24). The minimum Gasteiger partial charge on any atom is -0.354 e. The fourth-order valence-electron chi connectivity index (χ4n) is 3.05. The summed E-state index contributed by atoms with van der Waals surface area (Å²) in [5, 5.41) is 8.96. The lowest BCUT2D eigenvalue weighted by atomic mass is 10.1. The maximum absolute atomic E-state index is 4.51. The van der Waals surface area contributed by atoms with Crippen LogP contribution < -0.4 is 15.5 Å². The molecule has 1 saturated heterocycles. The largest absolute Gasteiger partial charge is 0.354 e. The SMILES string of the molecule is C=C(Nc1cc2ccccc2cn1)c1ccnc(N2CCNCC2)c1. The summed E-state index contributed by atoms with van der Waals surface area (Å²) in [5.41, 5.74) is 1.85. The van der Waals surface area contributed by atoms with E-state index in [2.05, 4.69) is 50.3 Å². The van der Waals surface area contributed by atoms with Crippen LogP contribution in [0.25, 0.3) is 16.5 Å². The van der Waals surface area contributed by atoms with Crippen molar-refractivity contribution in [2.24, 2.45) is 0 Å². The van der Waals surface area contributed by atoms with Crippen LogP contribution in [-0.2, 0) is 0 Å². The number of nitrogens with zero attached hydrogens (tertiary/aromatic N) is 3. The van der Waals surface area contributed by atoms with E-state index in [1.807, 2.05) is 36.7 Å². The predicted octanol–water partition coefficient (Wildman–Crippen LogP) is 3.12. The normalized spacial score (nSPS) is 14.5. The summed E-state index contributed by atoms with van der Waals surface area (Å²) in [6.45, 7) is 8.11. The van der Waals surface area contributed by atoms with Gasteiger partial charge in [-0.15, -0.1) is 0 Å². The third kappa shape index (κ3) is 3.46. The lowest BCUT2D eigenvalue weighted by Crippen LogP contribution is -2.43. The van der Waals surface area contributed by atoms with Gasteiger partial charge in [-0.2, -0.15) is 0 Å². The van der Waals surface area contributed by atoms with Gasteiger partial charge >= 0.3 is 0 Å². The van der Waals surface area contributed by atoms with Crippen molar-refractivity contribution in [2.45, 2.75) is 0 Å². The van der Waals surface area contributed by atoms with E-state index in [0.29, 0.717) is 0 Å². The van der Waals surface area contributed by atoms with E-state index < -0.39 is 0 Å². The third-order valence-corrected chi connectivity index (χ3v) is 4.44. The van der Waals surface area contributed by atoms with Gasteiger partial charge in [0.05, 0.1) is 0 Å². The molecule has 0 amide bonds. The van der Waals surface area contributed by atoms with Crippen molar-refractivity contribution < 1.29 is 0 Å². The summed E-state index contributed by atoms with van der Waals surface area (Å²) < 4.78 is 0. The summed E-state index contributed by atoms with van der Waals surface area (Å²) in [7, 11) is 0. The maximum Gasteiger partial charge on any atom is 0.130 e. The zero-order valence-electron chi connectivity index (χ0n) is 14.1. The van der Waals surface area contributed by atoms with Crippen LogP contribution in [0.2, 0.25) is 0 Å². The molecule has 1 fully saturated rings. The molecule has 3 aromatic rings. The second kappa shape index (κ2) is 6.91. The summed E-state index contributed by atoms with van der Waals surface area (Å²) in [4.78, 5) is 11.3. The number of rotatable bonds is 4. The van der Waals surface area contributed by atoms with Gasteiger partial charge in [0.15, 0.2) is 0 Å². The zero-order chi connectivity index (χ0) is 17.1. The number of pyridine rings is 2. The number of piperazine rings is 1. The molecule has 0 saturated carbocycles. The molecule has 0 unspecified atom stereocenters. The number of fused-ring (bicyclic) bond motifs is 1. The number of aromatic nitrogens is 2. The first-order valence-corrected chi connectivity index (χ1v) is 8.52. The molecule has 5 nitrogen and oxygen atoms in total. The van der Waals surface area contributed by atoms with E-state index in [0.717, 1.165) is 59.8 Å². The predicted molar refractivity (Wildman–Crippen MR) is 104 cm³/mol. The molecule has 1 aromatic carbocycles. The molecule has 0 radical (unpaired) electrons. The Morgan fingerprint density at radius 2 is 1.84 bits per heavy atom. The van der Waals surface area contributed by atoms with Crippen LogP contribution in [0.5, 0.6) is 0 Å². The molecule has 0 atom stereocenters. The number of nitrogens with one attached hydrogen (secondary N) is 2. The number of anilines is 2. The van der Waals surface area contributed by atoms with E-state index in [4.69, 9.17) is 0 Å². The van der Waals surface area contributed by atoms with Crippen LogP contribution in [-0.4, -0.2) is 36.1 Å². The van der Waals surface area contributed by atoms with Crippen molar-refractivity contribution in [1.82, 2.24) is 15.3 Å². The molecule has 3 heterocycles. The van der Waals surface area contributed by atoms with Crippen molar-refractivity contribution in [3.63, 3.8) is 0 Å². The highest BCUT2D eigenvalue weighted by Crippen LogP contribution is 2.22.